The summed E-state index contributed by atoms with van der Waals surface area (Å²) in [5, 5.41) is 12.9. The van der Waals surface area contributed by atoms with Crippen molar-refractivity contribution in [3.05, 3.63) is 47.0 Å². The molecule has 0 N–H and O–H groups in total. The molecule has 2 aromatic rings. The Morgan fingerprint density at radius 3 is 2.79 bits per heavy atom. The maximum atomic E-state index is 6.24. The van der Waals surface area contributed by atoms with Crippen molar-refractivity contribution in [2.45, 2.75) is 6.04 Å². The molecule has 2 aromatic carbocycles. The van der Waals surface area contributed by atoms with E-state index >= 15 is 0 Å². The highest BCUT2D eigenvalue weighted by Gasteiger charge is 2.28. The Bertz CT molecular complexity index is 779. The van der Waals surface area contributed by atoms with Gasteiger partial charge in [0, 0.05) is 16.0 Å². The van der Waals surface area contributed by atoms with Gasteiger partial charge in [-0.25, -0.2) is 0 Å². The Morgan fingerprint density at radius 1 is 1.05 bits per heavy atom. The van der Waals surface area contributed by atoms with E-state index in [1.165, 1.54) is 0 Å². The van der Waals surface area contributed by atoms with E-state index in [1.54, 1.807) is 18.0 Å². The zero-order valence-electron chi connectivity index (χ0n) is 9.75. The molecule has 5 heteroatoms. The van der Waals surface area contributed by atoms with Crippen molar-refractivity contribution in [3.8, 4) is 0 Å². The van der Waals surface area contributed by atoms with Gasteiger partial charge in [-0.1, -0.05) is 41.9 Å². The Hall–Kier alpha value is -1.65. The molecule has 0 radical (unpaired) electrons. The topological polar surface area (TPSA) is 37.1 Å². The average Bonchev–Trinajstić information content (AvgIpc) is 2.99. The summed E-state index contributed by atoms with van der Waals surface area (Å²) in [6.45, 7) is 0. The van der Waals surface area contributed by atoms with E-state index in [9.17, 15) is 0 Å². The molecule has 0 bridgehead atoms. The highest BCUT2D eigenvalue weighted by Crippen LogP contribution is 2.33. The predicted molar refractivity (Wildman–Crippen MR) is 82.8 cm³/mol. The Labute approximate surface area is 119 Å². The molecule has 4 rings (SSSR count). The lowest BCUT2D eigenvalue weighted by Gasteiger charge is -2.06. The molecule has 1 unspecified atom stereocenters. The molecule has 19 heavy (non-hydrogen) atoms. The number of aliphatic imine (C=N–C) groups is 1. The molecule has 0 amide bonds. The largest absolute Gasteiger partial charge is 0.261 e. The van der Waals surface area contributed by atoms with Crippen LogP contribution >= 0.6 is 23.4 Å². The third-order valence-corrected chi connectivity index (χ3v) is 4.55. The van der Waals surface area contributed by atoms with Gasteiger partial charge in [-0.05, 0) is 23.2 Å². The van der Waals surface area contributed by atoms with E-state index in [1.807, 2.05) is 24.3 Å². The second-order valence-electron chi connectivity index (χ2n) is 4.32. The Balaban J connectivity index is 1.91. The van der Waals surface area contributed by atoms with Crippen LogP contribution in [0.15, 0.2) is 51.6 Å². The van der Waals surface area contributed by atoms with E-state index in [0.717, 1.165) is 31.4 Å². The fraction of sp³-hybridized carbons (Fsp3) is 0.0714. The summed E-state index contributed by atoms with van der Waals surface area (Å²) in [5.74, 6) is 0. The smallest absolute Gasteiger partial charge is 0.138 e. The SMILES string of the molecule is Clc1cccc2c(C3=NC4C=NN=C4S3)cccc12. The fourth-order valence-electron chi connectivity index (χ4n) is 2.28. The van der Waals surface area contributed by atoms with E-state index in [-0.39, 0.29) is 6.04 Å². The third-order valence-electron chi connectivity index (χ3n) is 3.17. The Morgan fingerprint density at radius 2 is 1.89 bits per heavy atom. The summed E-state index contributed by atoms with van der Waals surface area (Å²) in [6.07, 6.45) is 1.77. The van der Waals surface area contributed by atoms with Gasteiger partial charge in [-0.3, -0.25) is 4.99 Å². The van der Waals surface area contributed by atoms with E-state index in [2.05, 4.69) is 27.3 Å². The molecule has 0 spiro atoms. The third kappa shape index (κ3) is 1.71. The quantitative estimate of drug-likeness (QED) is 0.786. The molecule has 0 aliphatic carbocycles. The van der Waals surface area contributed by atoms with Gasteiger partial charge in [0.1, 0.15) is 16.1 Å². The van der Waals surface area contributed by atoms with Gasteiger partial charge in [0.2, 0.25) is 0 Å². The first-order valence-corrected chi connectivity index (χ1v) is 7.07. The van der Waals surface area contributed by atoms with Crippen LogP contribution in [0.2, 0.25) is 5.02 Å². The van der Waals surface area contributed by atoms with E-state index in [0.29, 0.717) is 0 Å². The summed E-state index contributed by atoms with van der Waals surface area (Å²) < 4.78 is 0. The first-order valence-electron chi connectivity index (χ1n) is 5.87. The van der Waals surface area contributed by atoms with Gasteiger partial charge in [0.05, 0.1) is 6.21 Å². The van der Waals surface area contributed by atoms with Gasteiger partial charge in [-0.2, -0.15) is 5.10 Å². The highest BCUT2D eigenvalue weighted by atomic mass is 35.5. The van der Waals surface area contributed by atoms with Gasteiger partial charge in [0.15, 0.2) is 0 Å². The minimum absolute atomic E-state index is 0.00874. The summed E-state index contributed by atoms with van der Waals surface area (Å²) >= 11 is 7.83. The van der Waals surface area contributed by atoms with E-state index < -0.39 is 0 Å². The molecule has 2 aliphatic rings. The zero-order chi connectivity index (χ0) is 12.8. The van der Waals surface area contributed by atoms with Crippen LogP contribution in [0.1, 0.15) is 5.56 Å². The second-order valence-corrected chi connectivity index (χ2v) is 5.74. The van der Waals surface area contributed by atoms with Crippen LogP contribution in [0.4, 0.5) is 0 Å². The number of hydrogen-bond acceptors (Lipinski definition) is 4. The van der Waals surface area contributed by atoms with E-state index in [4.69, 9.17) is 11.6 Å². The molecule has 2 aliphatic heterocycles. The minimum atomic E-state index is 0.00874. The fourth-order valence-corrected chi connectivity index (χ4v) is 3.49. The van der Waals surface area contributed by atoms with Gasteiger partial charge in [0.25, 0.3) is 0 Å². The molecule has 3 nitrogen and oxygen atoms in total. The van der Waals surface area contributed by atoms with Crippen molar-refractivity contribution >= 4 is 50.4 Å². The molecular formula is C14H8ClN3S. The molecule has 92 valence electrons. The number of halogens is 1. The summed E-state index contributed by atoms with van der Waals surface area (Å²) in [6, 6.07) is 12.1. The van der Waals surface area contributed by atoms with Crippen LogP contribution in [0.3, 0.4) is 0 Å². The summed E-state index contributed by atoms with van der Waals surface area (Å²) in [7, 11) is 0. The van der Waals surface area contributed by atoms with Gasteiger partial charge in [-0.15, -0.1) is 5.10 Å². The molecular weight excluding hydrogens is 278 g/mol. The predicted octanol–water partition coefficient (Wildman–Crippen LogP) is 3.75. The number of nitrogens with zero attached hydrogens (tertiary/aromatic N) is 3. The standard InChI is InChI=1S/C14H8ClN3S/c15-11-6-2-3-8-9(11)4-1-5-10(8)13-17-12-7-16-18-14(12)19-13/h1-7,12H. The van der Waals surface area contributed by atoms with Crippen LogP contribution in [0.5, 0.6) is 0 Å². The van der Waals surface area contributed by atoms with Crippen LogP contribution in [-0.2, 0) is 0 Å². The van der Waals surface area contributed by atoms with Gasteiger partial charge >= 0.3 is 0 Å². The number of rotatable bonds is 1. The van der Waals surface area contributed by atoms with Gasteiger partial charge < -0.3 is 0 Å². The zero-order valence-corrected chi connectivity index (χ0v) is 11.3. The van der Waals surface area contributed by atoms with Crippen molar-refractivity contribution in [2.75, 3.05) is 0 Å². The molecule has 0 saturated carbocycles. The molecule has 0 aromatic heterocycles. The molecule has 2 heterocycles. The van der Waals surface area contributed by atoms with Crippen molar-refractivity contribution in [2.24, 2.45) is 15.2 Å². The maximum absolute atomic E-state index is 6.24. The number of fused-ring (bicyclic) bond motifs is 2. The lowest BCUT2D eigenvalue weighted by molar-refractivity contribution is 1.22. The highest BCUT2D eigenvalue weighted by molar-refractivity contribution is 8.27. The lowest BCUT2D eigenvalue weighted by atomic mass is 10.1. The number of hydrogen-bond donors (Lipinski definition) is 0. The molecule has 1 atom stereocenters. The first kappa shape index (κ1) is 11.2. The first-order chi connectivity index (χ1) is 9.33. The molecule has 0 fully saturated rings. The number of thioether (sulfide) groups is 1. The summed E-state index contributed by atoms with van der Waals surface area (Å²) in [5.41, 5.74) is 1.11. The van der Waals surface area contributed by atoms with Crippen LogP contribution in [0, 0.1) is 0 Å². The van der Waals surface area contributed by atoms with Crippen molar-refractivity contribution in [1.29, 1.82) is 0 Å². The second kappa shape index (κ2) is 4.18. The summed E-state index contributed by atoms with van der Waals surface area (Å²) in [4.78, 5) is 4.66. The van der Waals surface area contributed by atoms with Crippen molar-refractivity contribution in [1.82, 2.24) is 0 Å². The minimum Gasteiger partial charge on any atom is -0.261 e. The monoisotopic (exact) mass is 285 g/mol. The Kier molecular flexibility index (Phi) is 2.47. The normalized spacial score (nSPS) is 20.6. The van der Waals surface area contributed by atoms with Crippen LogP contribution in [-0.4, -0.2) is 22.3 Å². The van der Waals surface area contributed by atoms with Crippen LogP contribution in [0.25, 0.3) is 10.8 Å². The van der Waals surface area contributed by atoms with Crippen molar-refractivity contribution < 1.29 is 0 Å². The average molecular weight is 286 g/mol. The van der Waals surface area contributed by atoms with Crippen LogP contribution < -0.4 is 0 Å². The molecule has 0 saturated heterocycles. The lowest BCUT2D eigenvalue weighted by Crippen LogP contribution is -2.06. The number of benzene rings is 2. The maximum Gasteiger partial charge on any atom is 0.138 e. The van der Waals surface area contributed by atoms with Crippen molar-refractivity contribution in [3.63, 3.8) is 0 Å².